The van der Waals surface area contributed by atoms with Crippen LogP contribution in [0.3, 0.4) is 0 Å². The van der Waals surface area contributed by atoms with Gasteiger partial charge >= 0.3 is 0 Å². The molecule has 0 atom stereocenters. The summed E-state index contributed by atoms with van der Waals surface area (Å²) >= 11 is 0. The second kappa shape index (κ2) is 6.36. The fraction of sp³-hybridized carbons (Fsp3) is 0.615. The Balaban J connectivity index is 2.09. The number of hydrogen-bond acceptors (Lipinski definition) is 5. The molecule has 6 heteroatoms. The quantitative estimate of drug-likeness (QED) is 0.751. The van der Waals surface area contributed by atoms with Crippen LogP contribution in [0.2, 0.25) is 0 Å². The number of aromatic amines is 1. The van der Waals surface area contributed by atoms with E-state index in [1.54, 1.807) is 6.33 Å². The first-order valence-electron chi connectivity index (χ1n) is 6.78. The molecular weight excluding hydrogens is 242 g/mol. The van der Waals surface area contributed by atoms with Crippen LogP contribution in [0.5, 0.6) is 5.88 Å². The van der Waals surface area contributed by atoms with Gasteiger partial charge in [0.2, 0.25) is 11.8 Å². The molecule has 0 aliphatic heterocycles. The third-order valence-corrected chi connectivity index (χ3v) is 2.75. The third kappa shape index (κ3) is 3.56. The zero-order valence-corrected chi connectivity index (χ0v) is 11.7. The van der Waals surface area contributed by atoms with Gasteiger partial charge in [0.25, 0.3) is 0 Å². The van der Waals surface area contributed by atoms with E-state index in [4.69, 9.17) is 4.74 Å². The van der Waals surface area contributed by atoms with E-state index in [1.165, 1.54) is 0 Å². The van der Waals surface area contributed by atoms with E-state index in [0.717, 1.165) is 24.9 Å². The molecule has 0 spiro atoms. The van der Waals surface area contributed by atoms with Gasteiger partial charge in [-0.05, 0) is 25.7 Å². The molecule has 0 fully saturated rings. The Morgan fingerprint density at radius 2 is 2.21 bits per heavy atom. The van der Waals surface area contributed by atoms with E-state index >= 15 is 0 Å². The van der Waals surface area contributed by atoms with E-state index in [1.807, 2.05) is 6.92 Å². The van der Waals surface area contributed by atoms with Crippen molar-refractivity contribution >= 4 is 17.1 Å². The van der Waals surface area contributed by atoms with Crippen LogP contribution in [0.4, 0.5) is 5.95 Å². The fourth-order valence-electron chi connectivity index (χ4n) is 1.81. The molecule has 19 heavy (non-hydrogen) atoms. The highest BCUT2D eigenvalue weighted by Crippen LogP contribution is 2.21. The number of nitrogens with zero attached hydrogens (tertiary/aromatic N) is 3. The van der Waals surface area contributed by atoms with Crippen molar-refractivity contribution in [1.82, 2.24) is 19.9 Å². The Morgan fingerprint density at radius 1 is 1.37 bits per heavy atom. The first-order valence-corrected chi connectivity index (χ1v) is 6.78. The average molecular weight is 263 g/mol. The Kier molecular flexibility index (Phi) is 4.54. The summed E-state index contributed by atoms with van der Waals surface area (Å²) in [5, 5.41) is 3.08. The Bertz CT molecular complexity index is 523. The number of aromatic nitrogens is 4. The van der Waals surface area contributed by atoms with Gasteiger partial charge in [0.05, 0.1) is 12.9 Å². The van der Waals surface area contributed by atoms with E-state index in [0.29, 0.717) is 30.0 Å². The molecule has 104 valence electrons. The van der Waals surface area contributed by atoms with Crippen molar-refractivity contribution in [3.05, 3.63) is 6.33 Å². The summed E-state index contributed by atoms with van der Waals surface area (Å²) in [5.74, 6) is 1.82. The number of anilines is 1. The van der Waals surface area contributed by atoms with E-state index in [-0.39, 0.29) is 0 Å². The molecule has 0 bridgehead atoms. The number of nitrogens with one attached hydrogen (secondary N) is 2. The molecule has 0 amide bonds. The molecule has 0 aliphatic carbocycles. The van der Waals surface area contributed by atoms with Crippen LogP contribution >= 0.6 is 0 Å². The molecular formula is C13H21N5O. The normalized spacial score (nSPS) is 11.2. The van der Waals surface area contributed by atoms with Gasteiger partial charge in [-0.15, -0.1) is 0 Å². The van der Waals surface area contributed by atoms with Gasteiger partial charge in [-0.1, -0.05) is 13.8 Å². The van der Waals surface area contributed by atoms with Crippen LogP contribution in [-0.4, -0.2) is 33.1 Å². The molecule has 2 rings (SSSR count). The molecule has 0 unspecified atom stereocenters. The number of hydrogen-bond donors (Lipinski definition) is 2. The lowest BCUT2D eigenvalue weighted by Crippen LogP contribution is -2.06. The van der Waals surface area contributed by atoms with Crippen LogP contribution in [0, 0.1) is 5.92 Å². The van der Waals surface area contributed by atoms with Gasteiger partial charge in [-0.3, -0.25) is 0 Å². The maximum atomic E-state index is 5.75. The molecule has 2 aromatic rings. The van der Waals surface area contributed by atoms with Gasteiger partial charge in [0.1, 0.15) is 5.52 Å². The third-order valence-electron chi connectivity index (χ3n) is 2.75. The Labute approximate surface area is 113 Å². The predicted octanol–water partition coefficient (Wildman–Crippen LogP) is 2.60. The molecule has 2 heterocycles. The molecule has 6 nitrogen and oxygen atoms in total. The molecule has 2 aromatic heterocycles. The minimum atomic E-state index is 0.556. The lowest BCUT2D eigenvalue weighted by molar-refractivity contribution is 0.290. The number of rotatable bonds is 7. The lowest BCUT2D eigenvalue weighted by Gasteiger charge is -2.09. The Morgan fingerprint density at radius 3 is 2.95 bits per heavy atom. The Hall–Kier alpha value is -1.85. The number of imidazole rings is 1. The topological polar surface area (TPSA) is 75.7 Å². The second-order valence-corrected chi connectivity index (χ2v) is 4.87. The van der Waals surface area contributed by atoms with Crippen molar-refractivity contribution < 1.29 is 4.74 Å². The average Bonchev–Trinajstić information content (AvgIpc) is 2.83. The summed E-state index contributed by atoms with van der Waals surface area (Å²) in [5.41, 5.74) is 1.39. The molecule has 0 aromatic carbocycles. The SMILES string of the molecule is CCNc1nc(OCCCC(C)C)c2[nH]cnc2n1. The van der Waals surface area contributed by atoms with E-state index < -0.39 is 0 Å². The van der Waals surface area contributed by atoms with Crippen molar-refractivity contribution in [2.24, 2.45) is 5.92 Å². The molecule has 0 saturated carbocycles. The van der Waals surface area contributed by atoms with E-state index in [2.05, 4.69) is 39.1 Å². The fourth-order valence-corrected chi connectivity index (χ4v) is 1.81. The van der Waals surface area contributed by atoms with Crippen molar-refractivity contribution in [3.63, 3.8) is 0 Å². The van der Waals surface area contributed by atoms with Crippen LogP contribution in [0.15, 0.2) is 6.33 Å². The first kappa shape index (κ1) is 13.6. The lowest BCUT2D eigenvalue weighted by atomic mass is 10.1. The van der Waals surface area contributed by atoms with Gasteiger partial charge < -0.3 is 15.0 Å². The zero-order valence-electron chi connectivity index (χ0n) is 11.7. The number of H-pyrrole nitrogens is 1. The van der Waals surface area contributed by atoms with Gasteiger partial charge in [0.15, 0.2) is 5.65 Å². The monoisotopic (exact) mass is 263 g/mol. The maximum absolute atomic E-state index is 5.75. The molecule has 0 saturated heterocycles. The van der Waals surface area contributed by atoms with Crippen molar-refractivity contribution in [2.75, 3.05) is 18.5 Å². The molecule has 0 aliphatic rings. The highest BCUT2D eigenvalue weighted by molar-refractivity contribution is 5.76. The summed E-state index contributed by atoms with van der Waals surface area (Å²) in [6.45, 7) is 7.85. The zero-order chi connectivity index (χ0) is 13.7. The van der Waals surface area contributed by atoms with Crippen molar-refractivity contribution in [1.29, 1.82) is 0 Å². The minimum absolute atomic E-state index is 0.556. The van der Waals surface area contributed by atoms with Gasteiger partial charge in [-0.2, -0.15) is 9.97 Å². The largest absolute Gasteiger partial charge is 0.476 e. The summed E-state index contributed by atoms with van der Waals surface area (Å²) in [6.07, 6.45) is 3.78. The summed E-state index contributed by atoms with van der Waals surface area (Å²) in [6, 6.07) is 0. The number of fused-ring (bicyclic) bond motifs is 1. The first-order chi connectivity index (χ1) is 9.20. The summed E-state index contributed by atoms with van der Waals surface area (Å²) in [7, 11) is 0. The van der Waals surface area contributed by atoms with Gasteiger partial charge in [-0.25, -0.2) is 4.98 Å². The summed E-state index contributed by atoms with van der Waals surface area (Å²) < 4.78 is 5.75. The smallest absolute Gasteiger partial charge is 0.245 e. The highest BCUT2D eigenvalue weighted by Gasteiger charge is 2.10. The minimum Gasteiger partial charge on any atom is -0.476 e. The van der Waals surface area contributed by atoms with Crippen LogP contribution < -0.4 is 10.1 Å². The number of ether oxygens (including phenoxy) is 1. The standard InChI is InChI=1S/C13H21N5O/c1-4-14-13-17-11-10(15-8-16-11)12(18-13)19-7-5-6-9(2)3/h8-9H,4-7H2,1-3H3,(H2,14,15,16,17,18). The molecule has 0 radical (unpaired) electrons. The predicted molar refractivity (Wildman–Crippen MR) is 75.4 cm³/mol. The second-order valence-electron chi connectivity index (χ2n) is 4.87. The van der Waals surface area contributed by atoms with E-state index in [9.17, 15) is 0 Å². The van der Waals surface area contributed by atoms with Crippen LogP contribution in [-0.2, 0) is 0 Å². The van der Waals surface area contributed by atoms with Crippen molar-refractivity contribution in [2.45, 2.75) is 33.6 Å². The van der Waals surface area contributed by atoms with Crippen molar-refractivity contribution in [3.8, 4) is 5.88 Å². The van der Waals surface area contributed by atoms with Gasteiger partial charge in [0, 0.05) is 6.54 Å². The molecule has 2 N–H and O–H groups in total. The van der Waals surface area contributed by atoms with Crippen LogP contribution in [0.1, 0.15) is 33.6 Å². The summed E-state index contributed by atoms with van der Waals surface area (Å²) in [4.78, 5) is 15.8. The highest BCUT2D eigenvalue weighted by atomic mass is 16.5. The maximum Gasteiger partial charge on any atom is 0.245 e. The van der Waals surface area contributed by atoms with Crippen LogP contribution in [0.25, 0.3) is 11.2 Å².